The molecule has 2 aromatic carbocycles. The molecule has 0 bridgehead atoms. The van der Waals surface area contributed by atoms with E-state index in [9.17, 15) is 24.0 Å². The van der Waals surface area contributed by atoms with Crippen molar-refractivity contribution in [3.63, 3.8) is 0 Å². The number of nitrogens with two attached hydrogens (primary N) is 1. The van der Waals surface area contributed by atoms with Gasteiger partial charge in [-0.05, 0) is 49.6 Å². The van der Waals surface area contributed by atoms with E-state index in [1.807, 2.05) is 6.92 Å². The highest BCUT2D eigenvalue weighted by atomic mass is 16.2. The fourth-order valence-electron chi connectivity index (χ4n) is 4.46. The second-order valence-corrected chi connectivity index (χ2v) is 8.84. The smallest absolute Gasteiger partial charge is 0.261 e. The number of nitrogens with zero attached hydrogens (tertiary/aromatic N) is 2. The fourth-order valence-corrected chi connectivity index (χ4v) is 4.46. The summed E-state index contributed by atoms with van der Waals surface area (Å²) < 4.78 is 0. The van der Waals surface area contributed by atoms with Crippen molar-refractivity contribution >= 4 is 35.2 Å². The second-order valence-electron chi connectivity index (χ2n) is 8.84. The number of rotatable bonds is 7. The minimum Gasteiger partial charge on any atom is -0.369 e. The maximum atomic E-state index is 13.1. The number of fused-ring (bicyclic) bond motifs is 1. The maximum Gasteiger partial charge on any atom is 0.261 e. The van der Waals surface area contributed by atoms with E-state index in [0.717, 1.165) is 6.42 Å². The van der Waals surface area contributed by atoms with Gasteiger partial charge in [-0.3, -0.25) is 28.9 Å². The number of para-hydroxylation sites is 1. The lowest BCUT2D eigenvalue weighted by molar-refractivity contribution is -0.123. The molecular weight excluding hydrogens is 448 g/mol. The minimum atomic E-state index is -0.493. The van der Waals surface area contributed by atoms with Crippen molar-refractivity contribution in [2.75, 3.05) is 25.0 Å². The van der Waals surface area contributed by atoms with Crippen LogP contribution in [0.5, 0.6) is 0 Å². The number of hydrogen-bond acceptors (Lipinski definition) is 5. The summed E-state index contributed by atoms with van der Waals surface area (Å²) in [6.07, 6.45) is 2.58. The van der Waals surface area contributed by atoms with Gasteiger partial charge in [-0.15, -0.1) is 0 Å². The number of nitrogens with one attached hydrogen (secondary N) is 1. The number of unbranched alkanes of at least 4 members (excludes halogenated alkanes) is 1. The molecule has 182 valence electrons. The number of anilines is 1. The number of imide groups is 1. The van der Waals surface area contributed by atoms with Crippen LogP contribution in [0.3, 0.4) is 0 Å². The molecule has 0 radical (unpaired) electrons. The van der Waals surface area contributed by atoms with Crippen molar-refractivity contribution in [3.8, 4) is 0 Å². The Kier molecular flexibility index (Phi) is 6.95. The zero-order chi connectivity index (χ0) is 25.1. The maximum absolute atomic E-state index is 13.1. The highest BCUT2D eigenvalue weighted by Crippen LogP contribution is 2.26. The van der Waals surface area contributed by atoms with Crippen LogP contribution in [0.4, 0.5) is 5.69 Å². The summed E-state index contributed by atoms with van der Waals surface area (Å²) >= 11 is 0. The van der Waals surface area contributed by atoms with Crippen LogP contribution >= 0.6 is 0 Å². The average molecular weight is 477 g/mol. The molecule has 1 saturated heterocycles. The van der Waals surface area contributed by atoms with Gasteiger partial charge in [0.25, 0.3) is 23.6 Å². The van der Waals surface area contributed by atoms with Gasteiger partial charge < -0.3 is 16.0 Å². The van der Waals surface area contributed by atoms with E-state index in [2.05, 4.69) is 5.32 Å². The molecule has 9 nitrogen and oxygen atoms in total. The molecule has 5 amide bonds. The van der Waals surface area contributed by atoms with Crippen LogP contribution in [-0.4, -0.2) is 59.0 Å². The van der Waals surface area contributed by atoms with Gasteiger partial charge in [0, 0.05) is 31.1 Å². The number of carbonyl (C=O) groups excluding carboxylic acids is 5. The first-order chi connectivity index (χ1) is 16.8. The molecule has 0 saturated carbocycles. The van der Waals surface area contributed by atoms with E-state index in [4.69, 9.17) is 5.73 Å². The number of piperidine rings is 1. The van der Waals surface area contributed by atoms with E-state index in [1.54, 1.807) is 29.2 Å². The Morgan fingerprint density at radius 1 is 1.00 bits per heavy atom. The van der Waals surface area contributed by atoms with E-state index < -0.39 is 11.8 Å². The van der Waals surface area contributed by atoms with Gasteiger partial charge in [-0.2, -0.15) is 0 Å². The first-order valence-corrected chi connectivity index (χ1v) is 11.8. The zero-order valence-electron chi connectivity index (χ0n) is 19.6. The van der Waals surface area contributed by atoms with Gasteiger partial charge >= 0.3 is 0 Å². The van der Waals surface area contributed by atoms with Crippen LogP contribution in [0.2, 0.25) is 0 Å². The first kappa shape index (κ1) is 24.1. The Hall–Kier alpha value is -4.01. The molecule has 2 aromatic rings. The standard InChI is InChI=1S/C26H28N4O5/c1-2-3-12-30-25(34)18-9-8-17(15-20(18)26(30)35)23(32)28-21-7-5-4-6-19(21)24(33)29-13-10-16(11-14-29)22(27)31/h4-9,15-16H,2-3,10-14H2,1H3,(H2,27,31)(H,28,32). The molecule has 0 unspecified atom stereocenters. The van der Waals surface area contributed by atoms with E-state index >= 15 is 0 Å². The van der Waals surface area contributed by atoms with Gasteiger partial charge in [0.2, 0.25) is 5.91 Å². The molecule has 2 heterocycles. The molecular formula is C26H28N4O5. The van der Waals surface area contributed by atoms with E-state index in [0.29, 0.717) is 50.1 Å². The third-order valence-electron chi connectivity index (χ3n) is 6.56. The normalized spacial score (nSPS) is 15.8. The van der Waals surface area contributed by atoms with Crippen molar-refractivity contribution in [2.45, 2.75) is 32.6 Å². The van der Waals surface area contributed by atoms with Gasteiger partial charge in [-0.25, -0.2) is 0 Å². The van der Waals surface area contributed by atoms with Crippen LogP contribution in [0.1, 0.15) is 74.0 Å². The monoisotopic (exact) mass is 476 g/mol. The SMILES string of the molecule is CCCCN1C(=O)c2ccc(C(=O)Nc3ccccc3C(=O)N3CCC(C(N)=O)CC3)cc2C1=O. The number of benzene rings is 2. The Balaban J connectivity index is 1.50. The Morgan fingerprint density at radius 2 is 1.69 bits per heavy atom. The first-order valence-electron chi connectivity index (χ1n) is 11.8. The second kappa shape index (κ2) is 10.1. The van der Waals surface area contributed by atoms with Crippen molar-refractivity contribution in [2.24, 2.45) is 11.7 Å². The Morgan fingerprint density at radius 3 is 2.37 bits per heavy atom. The van der Waals surface area contributed by atoms with Crippen LogP contribution in [-0.2, 0) is 4.79 Å². The molecule has 3 N–H and O–H groups in total. The zero-order valence-corrected chi connectivity index (χ0v) is 19.6. The number of amides is 5. The van der Waals surface area contributed by atoms with Crippen LogP contribution in [0.15, 0.2) is 42.5 Å². The summed E-state index contributed by atoms with van der Waals surface area (Å²) in [6.45, 7) is 3.14. The topological polar surface area (TPSA) is 130 Å². The molecule has 1 fully saturated rings. The van der Waals surface area contributed by atoms with Crippen molar-refractivity contribution in [1.82, 2.24) is 9.80 Å². The number of hydrogen-bond donors (Lipinski definition) is 2. The summed E-state index contributed by atoms with van der Waals surface area (Å²) in [5.41, 5.74) is 6.76. The summed E-state index contributed by atoms with van der Waals surface area (Å²) in [7, 11) is 0. The van der Waals surface area contributed by atoms with Crippen LogP contribution < -0.4 is 11.1 Å². The van der Waals surface area contributed by atoms with Crippen molar-refractivity contribution in [1.29, 1.82) is 0 Å². The molecule has 0 spiro atoms. The lowest BCUT2D eigenvalue weighted by Gasteiger charge is -2.31. The summed E-state index contributed by atoms with van der Waals surface area (Å²) in [5.74, 6) is -2.07. The largest absolute Gasteiger partial charge is 0.369 e. The van der Waals surface area contributed by atoms with Gasteiger partial charge in [0.15, 0.2) is 0 Å². The molecule has 35 heavy (non-hydrogen) atoms. The average Bonchev–Trinajstić information content (AvgIpc) is 3.11. The van der Waals surface area contributed by atoms with Gasteiger partial charge in [0.1, 0.15) is 0 Å². The summed E-state index contributed by atoms with van der Waals surface area (Å²) in [6, 6.07) is 11.1. The highest BCUT2D eigenvalue weighted by Gasteiger charge is 2.35. The third kappa shape index (κ3) is 4.80. The van der Waals surface area contributed by atoms with Crippen LogP contribution in [0.25, 0.3) is 0 Å². The minimum absolute atomic E-state index is 0.209. The Labute approximate surface area is 203 Å². The van der Waals surface area contributed by atoms with Crippen molar-refractivity contribution < 1.29 is 24.0 Å². The predicted octanol–water partition coefficient (Wildman–Crippen LogP) is 2.67. The lowest BCUT2D eigenvalue weighted by Crippen LogP contribution is -2.42. The Bertz CT molecular complexity index is 1200. The fraction of sp³-hybridized carbons (Fsp3) is 0.346. The molecule has 0 aliphatic carbocycles. The molecule has 0 atom stereocenters. The predicted molar refractivity (Wildman–Crippen MR) is 129 cm³/mol. The molecule has 9 heteroatoms. The van der Waals surface area contributed by atoms with E-state index in [-0.39, 0.29) is 40.3 Å². The molecule has 2 aliphatic heterocycles. The molecule has 4 rings (SSSR count). The number of likely N-dealkylation sites (tertiary alicyclic amines) is 1. The lowest BCUT2D eigenvalue weighted by atomic mass is 9.95. The van der Waals surface area contributed by atoms with Crippen LogP contribution in [0, 0.1) is 5.92 Å². The quantitative estimate of drug-likeness (QED) is 0.594. The highest BCUT2D eigenvalue weighted by molar-refractivity contribution is 6.22. The van der Waals surface area contributed by atoms with Gasteiger partial charge in [0.05, 0.1) is 22.4 Å². The van der Waals surface area contributed by atoms with E-state index in [1.165, 1.54) is 23.1 Å². The number of primary amides is 1. The summed E-state index contributed by atoms with van der Waals surface area (Å²) in [5, 5.41) is 2.77. The molecule has 2 aliphatic rings. The number of carbonyl (C=O) groups is 5. The third-order valence-corrected chi connectivity index (χ3v) is 6.56. The summed E-state index contributed by atoms with van der Waals surface area (Å²) in [4.78, 5) is 65.7. The van der Waals surface area contributed by atoms with Gasteiger partial charge in [-0.1, -0.05) is 25.5 Å². The molecule has 0 aromatic heterocycles. The van der Waals surface area contributed by atoms with Crippen molar-refractivity contribution in [3.05, 3.63) is 64.7 Å².